The molecule has 0 spiro atoms. The van der Waals surface area contributed by atoms with Gasteiger partial charge < -0.3 is 15.3 Å². The molecule has 0 radical (unpaired) electrons. The summed E-state index contributed by atoms with van der Waals surface area (Å²) in [6.07, 6.45) is 10.5. The first-order chi connectivity index (χ1) is 17.0. The van der Waals surface area contributed by atoms with Crippen molar-refractivity contribution < 1.29 is 14.4 Å². The Bertz CT molecular complexity index is 491. The molecule has 0 unspecified atom stereocenters. The molecule has 210 valence electrons. The Kier molecular flexibility index (Phi) is 52.2. The van der Waals surface area contributed by atoms with Gasteiger partial charge in [0.15, 0.2) is 0 Å². The van der Waals surface area contributed by atoms with E-state index in [0.29, 0.717) is 6.10 Å². The second kappa shape index (κ2) is 42.3. The molecule has 1 aliphatic rings. The van der Waals surface area contributed by atoms with E-state index in [2.05, 4.69) is 62.8 Å². The lowest BCUT2D eigenvalue weighted by atomic mass is 10.1. The molecule has 0 aliphatic heterocycles. The molecule has 1 aromatic carbocycles. The molecule has 1 saturated carbocycles. The predicted molar refractivity (Wildman–Crippen MR) is 158 cm³/mol. The van der Waals surface area contributed by atoms with Crippen LogP contribution in [-0.4, -0.2) is 31.9 Å². The van der Waals surface area contributed by atoms with E-state index in [1.54, 1.807) is 7.11 Å². The number of hydrogen-bond acceptors (Lipinski definition) is 4. The topological polar surface area (TPSA) is 73.9 Å². The molecule has 35 heavy (non-hydrogen) atoms. The monoisotopic (exact) mass is 498 g/mol. The highest BCUT2D eigenvalue weighted by atomic mass is 16.6. The fraction of sp³-hybridized carbons (Fsp3) is 0.733. The minimum atomic E-state index is 0.250. The number of methoxy groups -OCH3 is 1. The summed E-state index contributed by atoms with van der Waals surface area (Å²) in [5, 5.41) is 4.22. The number of aryl methyl sites for hydroxylation is 1. The van der Waals surface area contributed by atoms with Gasteiger partial charge in [-0.25, -0.2) is 0 Å². The zero-order valence-electron chi connectivity index (χ0n) is 25.6. The van der Waals surface area contributed by atoms with E-state index >= 15 is 0 Å². The standard InChI is InChI=1S/C14H19NO.C5H12O.C4H10.3C2H6.CH3NO/c1-11-7-9-13(10-8-11)12(2)15-16-14-5-3-4-6-14;1-3-4-5-6-2;1-3-4-2;3*1-2;2-1-3/h7-10,14H,3-6H2,1-2H3;3-5H2,1-2H3;3-4H2,1-2H3;3*1-2H3;1H,(H2,2,3)/b15-12+;;;;;;. The third-order valence-electron chi connectivity index (χ3n) is 4.31. The fourth-order valence-electron chi connectivity index (χ4n) is 2.28. The number of benzene rings is 1. The molecule has 0 heterocycles. The van der Waals surface area contributed by atoms with E-state index in [1.807, 2.05) is 48.5 Å². The first-order valence-corrected chi connectivity index (χ1v) is 13.9. The van der Waals surface area contributed by atoms with Crippen LogP contribution in [-0.2, 0) is 14.4 Å². The van der Waals surface area contributed by atoms with Crippen LogP contribution in [0.2, 0.25) is 0 Å². The number of oxime groups is 1. The van der Waals surface area contributed by atoms with Crippen LogP contribution >= 0.6 is 0 Å². The van der Waals surface area contributed by atoms with Crippen molar-refractivity contribution in [1.82, 2.24) is 0 Å². The van der Waals surface area contributed by atoms with Crippen molar-refractivity contribution in [3.05, 3.63) is 35.4 Å². The number of amides is 1. The molecule has 0 saturated heterocycles. The predicted octanol–water partition coefficient (Wildman–Crippen LogP) is 9.10. The zero-order chi connectivity index (χ0) is 28.3. The summed E-state index contributed by atoms with van der Waals surface area (Å²) in [5.74, 6) is 0. The largest absolute Gasteiger partial charge is 0.392 e. The van der Waals surface area contributed by atoms with E-state index in [0.717, 1.165) is 30.7 Å². The number of carbonyl (C=O) groups excluding carboxylic acids is 1. The van der Waals surface area contributed by atoms with Crippen LogP contribution in [0.1, 0.15) is 132 Å². The Morgan fingerprint density at radius 3 is 1.69 bits per heavy atom. The van der Waals surface area contributed by atoms with Gasteiger partial charge in [-0.2, -0.15) is 0 Å². The van der Waals surface area contributed by atoms with Gasteiger partial charge in [-0.1, -0.05) is 117 Å². The maximum absolute atomic E-state index is 8.58. The summed E-state index contributed by atoms with van der Waals surface area (Å²) in [7, 11) is 1.73. The van der Waals surface area contributed by atoms with Crippen molar-refractivity contribution in [3.8, 4) is 0 Å². The van der Waals surface area contributed by atoms with Gasteiger partial charge in [0.25, 0.3) is 0 Å². The third kappa shape index (κ3) is 36.9. The van der Waals surface area contributed by atoms with E-state index in [1.165, 1.54) is 44.1 Å². The Morgan fingerprint density at radius 2 is 1.37 bits per heavy atom. The van der Waals surface area contributed by atoms with Crippen LogP contribution < -0.4 is 5.73 Å². The lowest BCUT2D eigenvalue weighted by molar-refractivity contribution is -0.106. The Labute approximate surface area is 220 Å². The van der Waals surface area contributed by atoms with Crippen LogP contribution in [0.4, 0.5) is 0 Å². The van der Waals surface area contributed by atoms with Crippen molar-refractivity contribution in [2.24, 2.45) is 10.9 Å². The van der Waals surface area contributed by atoms with E-state index < -0.39 is 0 Å². The smallest absolute Gasteiger partial charge is 0.204 e. The third-order valence-corrected chi connectivity index (χ3v) is 4.31. The van der Waals surface area contributed by atoms with Crippen molar-refractivity contribution in [2.75, 3.05) is 13.7 Å². The summed E-state index contributed by atoms with van der Waals surface area (Å²) in [5.41, 5.74) is 7.55. The maximum Gasteiger partial charge on any atom is 0.204 e. The van der Waals surface area contributed by atoms with Gasteiger partial charge in [-0.15, -0.1) is 0 Å². The second-order valence-corrected chi connectivity index (χ2v) is 7.04. The molecule has 1 amide bonds. The molecular formula is C30H62N2O3. The van der Waals surface area contributed by atoms with E-state index in [4.69, 9.17) is 14.4 Å². The van der Waals surface area contributed by atoms with Gasteiger partial charge in [0.1, 0.15) is 6.10 Å². The molecule has 1 fully saturated rings. The average molecular weight is 499 g/mol. The number of rotatable bonds is 7. The van der Waals surface area contributed by atoms with Crippen LogP contribution in [0.25, 0.3) is 0 Å². The highest BCUT2D eigenvalue weighted by Gasteiger charge is 2.15. The second-order valence-electron chi connectivity index (χ2n) is 7.04. The number of unbranched alkanes of at least 4 members (excludes halogenated alkanes) is 2. The van der Waals surface area contributed by atoms with Crippen LogP contribution in [0.5, 0.6) is 0 Å². The summed E-state index contributed by atoms with van der Waals surface area (Å²) >= 11 is 0. The summed E-state index contributed by atoms with van der Waals surface area (Å²) in [4.78, 5) is 14.1. The van der Waals surface area contributed by atoms with Gasteiger partial charge in [0.05, 0.1) is 5.71 Å². The van der Waals surface area contributed by atoms with Crippen LogP contribution in [0.3, 0.4) is 0 Å². The molecular weight excluding hydrogens is 436 g/mol. The summed E-state index contributed by atoms with van der Waals surface area (Å²) in [6.45, 7) is 23.5. The van der Waals surface area contributed by atoms with Gasteiger partial charge >= 0.3 is 0 Å². The highest BCUT2D eigenvalue weighted by Crippen LogP contribution is 2.21. The average Bonchev–Trinajstić information content (AvgIpc) is 3.45. The quantitative estimate of drug-likeness (QED) is 0.176. The molecule has 5 heteroatoms. The van der Waals surface area contributed by atoms with Gasteiger partial charge in [0, 0.05) is 13.7 Å². The SMILES string of the molecule is C/C(=N\OC1CCCC1)c1ccc(C)cc1.CC.CC.CC.CCCC.CCCCOC.NC=O. The molecule has 1 aliphatic carbocycles. The van der Waals surface area contributed by atoms with Crippen molar-refractivity contribution in [1.29, 1.82) is 0 Å². The molecule has 2 rings (SSSR count). The number of primary amides is 1. The number of nitrogens with two attached hydrogens (primary N) is 1. The minimum absolute atomic E-state index is 0.250. The zero-order valence-corrected chi connectivity index (χ0v) is 25.6. The Morgan fingerprint density at radius 1 is 0.943 bits per heavy atom. The number of hydrogen-bond donors (Lipinski definition) is 1. The number of carbonyl (C=O) groups is 1. The molecule has 0 bridgehead atoms. The lowest BCUT2D eigenvalue weighted by Crippen LogP contribution is -2.05. The number of nitrogens with zero attached hydrogens (tertiary/aromatic N) is 1. The molecule has 1 aromatic rings. The van der Waals surface area contributed by atoms with Crippen LogP contribution in [0, 0.1) is 6.92 Å². The number of ether oxygens (including phenoxy) is 1. The molecule has 2 N–H and O–H groups in total. The van der Waals surface area contributed by atoms with Gasteiger partial charge in [0.2, 0.25) is 6.41 Å². The summed E-state index contributed by atoms with van der Waals surface area (Å²) in [6, 6.07) is 8.38. The van der Waals surface area contributed by atoms with Gasteiger partial charge in [-0.05, 0) is 51.5 Å². The van der Waals surface area contributed by atoms with Crippen molar-refractivity contribution in [3.63, 3.8) is 0 Å². The van der Waals surface area contributed by atoms with Crippen molar-refractivity contribution >= 4 is 12.1 Å². The Hall–Kier alpha value is -1.88. The molecule has 5 nitrogen and oxygen atoms in total. The van der Waals surface area contributed by atoms with E-state index in [9.17, 15) is 0 Å². The normalized spacial score (nSPS) is 11.4. The maximum atomic E-state index is 8.58. The first kappa shape index (κ1) is 43.2. The van der Waals surface area contributed by atoms with Crippen molar-refractivity contribution in [2.45, 2.75) is 134 Å². The Balaban J connectivity index is -0.000000132. The first-order valence-electron chi connectivity index (χ1n) is 13.9. The summed E-state index contributed by atoms with van der Waals surface area (Å²) < 4.78 is 4.78. The fourth-order valence-corrected chi connectivity index (χ4v) is 2.28. The highest BCUT2D eigenvalue weighted by molar-refractivity contribution is 5.98. The lowest BCUT2D eigenvalue weighted by Gasteiger charge is -2.08. The van der Waals surface area contributed by atoms with Gasteiger partial charge in [-0.3, -0.25) is 4.79 Å². The molecule has 0 atom stereocenters. The van der Waals surface area contributed by atoms with E-state index in [-0.39, 0.29) is 6.41 Å². The minimum Gasteiger partial charge on any atom is -0.392 e. The van der Waals surface area contributed by atoms with Crippen LogP contribution in [0.15, 0.2) is 29.4 Å². The molecule has 0 aromatic heterocycles.